The monoisotopic (exact) mass is 263 g/mol. The lowest BCUT2D eigenvalue weighted by Crippen LogP contribution is -2.38. The Hall–Kier alpha value is -1.06. The molecule has 0 spiro atoms. The van der Waals surface area contributed by atoms with Gasteiger partial charge in [0.1, 0.15) is 5.75 Å². The standard InChI is InChI=1S/C16H25NO2/c1-12(14-4-6-16(18-3)7-5-14)17-13(2)15-8-10-19-11-9-15/h4-7,12-13,15,17H,8-11H2,1-3H3. The Morgan fingerprint density at radius 3 is 2.37 bits per heavy atom. The minimum absolute atomic E-state index is 0.365. The van der Waals surface area contributed by atoms with E-state index in [1.807, 2.05) is 12.1 Å². The lowest BCUT2D eigenvalue weighted by molar-refractivity contribution is 0.0547. The van der Waals surface area contributed by atoms with Gasteiger partial charge in [-0.3, -0.25) is 0 Å². The van der Waals surface area contributed by atoms with Gasteiger partial charge in [0.25, 0.3) is 0 Å². The highest BCUT2D eigenvalue weighted by Gasteiger charge is 2.21. The van der Waals surface area contributed by atoms with Crippen molar-refractivity contribution in [3.05, 3.63) is 29.8 Å². The second-order valence-electron chi connectivity index (χ2n) is 5.40. The van der Waals surface area contributed by atoms with Crippen molar-refractivity contribution in [3.8, 4) is 5.75 Å². The van der Waals surface area contributed by atoms with Crippen molar-refractivity contribution in [1.82, 2.24) is 5.32 Å². The highest BCUT2D eigenvalue weighted by atomic mass is 16.5. The van der Waals surface area contributed by atoms with Crippen LogP contribution in [0.4, 0.5) is 0 Å². The second-order valence-corrected chi connectivity index (χ2v) is 5.40. The SMILES string of the molecule is COc1ccc(C(C)NC(C)C2CCOCC2)cc1. The number of rotatable bonds is 5. The van der Waals surface area contributed by atoms with Crippen molar-refractivity contribution in [2.45, 2.75) is 38.8 Å². The Kier molecular flexibility index (Phi) is 5.23. The van der Waals surface area contributed by atoms with Gasteiger partial charge < -0.3 is 14.8 Å². The molecular formula is C16H25NO2. The Morgan fingerprint density at radius 2 is 1.79 bits per heavy atom. The summed E-state index contributed by atoms with van der Waals surface area (Å²) in [5, 5.41) is 3.71. The third-order valence-corrected chi connectivity index (χ3v) is 4.10. The van der Waals surface area contributed by atoms with Crippen LogP contribution in [-0.2, 0) is 4.74 Å². The molecule has 0 amide bonds. The summed E-state index contributed by atoms with van der Waals surface area (Å²) in [4.78, 5) is 0. The maximum absolute atomic E-state index is 5.42. The van der Waals surface area contributed by atoms with Gasteiger partial charge in [0, 0.05) is 25.3 Å². The van der Waals surface area contributed by atoms with Crippen LogP contribution in [0.25, 0.3) is 0 Å². The van der Waals surface area contributed by atoms with Crippen molar-refractivity contribution in [3.63, 3.8) is 0 Å². The molecule has 2 unspecified atom stereocenters. The van der Waals surface area contributed by atoms with Crippen LogP contribution in [0.1, 0.15) is 38.3 Å². The van der Waals surface area contributed by atoms with E-state index >= 15 is 0 Å². The zero-order valence-corrected chi connectivity index (χ0v) is 12.2. The third kappa shape index (κ3) is 3.95. The maximum Gasteiger partial charge on any atom is 0.118 e. The van der Waals surface area contributed by atoms with Crippen LogP contribution in [0, 0.1) is 5.92 Å². The quantitative estimate of drug-likeness (QED) is 0.885. The summed E-state index contributed by atoms with van der Waals surface area (Å²) in [5.74, 6) is 1.64. The fraction of sp³-hybridized carbons (Fsp3) is 0.625. The number of hydrogen-bond acceptors (Lipinski definition) is 3. The molecule has 1 aromatic rings. The molecule has 3 nitrogen and oxygen atoms in total. The number of nitrogens with one attached hydrogen (secondary N) is 1. The summed E-state index contributed by atoms with van der Waals surface area (Å²) in [5.41, 5.74) is 1.31. The average Bonchev–Trinajstić information content (AvgIpc) is 2.48. The molecule has 0 aromatic heterocycles. The molecule has 2 atom stereocenters. The van der Waals surface area contributed by atoms with Gasteiger partial charge >= 0.3 is 0 Å². The normalized spacial score (nSPS) is 19.9. The zero-order valence-electron chi connectivity index (χ0n) is 12.2. The first-order valence-corrected chi connectivity index (χ1v) is 7.18. The van der Waals surface area contributed by atoms with Crippen LogP contribution in [0.3, 0.4) is 0 Å². The van der Waals surface area contributed by atoms with Crippen molar-refractivity contribution in [1.29, 1.82) is 0 Å². The van der Waals surface area contributed by atoms with Gasteiger partial charge in [-0.05, 0) is 50.3 Å². The summed E-state index contributed by atoms with van der Waals surface area (Å²) in [6.07, 6.45) is 2.34. The first-order chi connectivity index (χ1) is 9.20. The Labute approximate surface area is 116 Å². The van der Waals surface area contributed by atoms with E-state index in [4.69, 9.17) is 9.47 Å². The molecule has 1 aromatic carbocycles. The Balaban J connectivity index is 1.89. The van der Waals surface area contributed by atoms with Crippen LogP contribution < -0.4 is 10.1 Å². The number of benzene rings is 1. The van der Waals surface area contributed by atoms with E-state index in [1.165, 1.54) is 18.4 Å². The molecule has 106 valence electrons. The minimum Gasteiger partial charge on any atom is -0.497 e. The van der Waals surface area contributed by atoms with Crippen molar-refractivity contribution in [2.75, 3.05) is 20.3 Å². The fourth-order valence-corrected chi connectivity index (χ4v) is 2.74. The summed E-state index contributed by atoms with van der Waals surface area (Å²) in [6.45, 7) is 6.33. The van der Waals surface area contributed by atoms with Gasteiger partial charge in [-0.15, -0.1) is 0 Å². The molecule has 0 radical (unpaired) electrons. The van der Waals surface area contributed by atoms with Crippen LogP contribution in [-0.4, -0.2) is 26.4 Å². The van der Waals surface area contributed by atoms with E-state index in [9.17, 15) is 0 Å². The van der Waals surface area contributed by atoms with E-state index in [-0.39, 0.29) is 0 Å². The largest absolute Gasteiger partial charge is 0.497 e. The van der Waals surface area contributed by atoms with Gasteiger partial charge in [0.05, 0.1) is 7.11 Å². The molecule has 3 heteroatoms. The highest BCUT2D eigenvalue weighted by Crippen LogP contribution is 2.22. The molecule has 0 bridgehead atoms. The van der Waals surface area contributed by atoms with Gasteiger partial charge in [0.2, 0.25) is 0 Å². The lowest BCUT2D eigenvalue weighted by Gasteiger charge is -2.30. The number of methoxy groups -OCH3 is 1. The average molecular weight is 263 g/mol. The smallest absolute Gasteiger partial charge is 0.118 e. The first-order valence-electron chi connectivity index (χ1n) is 7.18. The predicted octanol–water partition coefficient (Wildman–Crippen LogP) is 3.16. The molecule has 1 saturated heterocycles. The van der Waals surface area contributed by atoms with Crippen LogP contribution in [0.15, 0.2) is 24.3 Å². The summed E-state index contributed by atoms with van der Waals surface area (Å²) < 4.78 is 10.6. The van der Waals surface area contributed by atoms with Gasteiger partial charge in [-0.1, -0.05) is 12.1 Å². The first kappa shape index (κ1) is 14.4. The van der Waals surface area contributed by atoms with Gasteiger partial charge in [-0.2, -0.15) is 0 Å². The second kappa shape index (κ2) is 6.92. The van der Waals surface area contributed by atoms with Gasteiger partial charge in [-0.25, -0.2) is 0 Å². The van der Waals surface area contributed by atoms with Gasteiger partial charge in [0.15, 0.2) is 0 Å². The summed E-state index contributed by atoms with van der Waals surface area (Å²) >= 11 is 0. The third-order valence-electron chi connectivity index (χ3n) is 4.10. The zero-order chi connectivity index (χ0) is 13.7. The minimum atomic E-state index is 0.365. The van der Waals surface area contributed by atoms with Crippen molar-refractivity contribution in [2.24, 2.45) is 5.92 Å². The van der Waals surface area contributed by atoms with Crippen LogP contribution >= 0.6 is 0 Å². The molecule has 2 rings (SSSR count). The van der Waals surface area contributed by atoms with E-state index < -0.39 is 0 Å². The molecule has 1 N–H and O–H groups in total. The van der Waals surface area contributed by atoms with Crippen LogP contribution in [0.2, 0.25) is 0 Å². The van der Waals surface area contributed by atoms with Crippen molar-refractivity contribution >= 4 is 0 Å². The molecular weight excluding hydrogens is 238 g/mol. The number of ether oxygens (including phenoxy) is 2. The predicted molar refractivity (Wildman–Crippen MR) is 77.5 cm³/mol. The topological polar surface area (TPSA) is 30.5 Å². The molecule has 0 aliphatic carbocycles. The molecule has 1 aliphatic heterocycles. The Morgan fingerprint density at radius 1 is 1.16 bits per heavy atom. The number of hydrogen-bond donors (Lipinski definition) is 1. The van der Waals surface area contributed by atoms with E-state index in [0.29, 0.717) is 12.1 Å². The molecule has 1 fully saturated rings. The van der Waals surface area contributed by atoms with E-state index in [1.54, 1.807) is 7.11 Å². The molecule has 0 saturated carbocycles. The summed E-state index contributed by atoms with van der Waals surface area (Å²) in [6, 6.07) is 9.20. The maximum atomic E-state index is 5.42. The van der Waals surface area contributed by atoms with Crippen molar-refractivity contribution < 1.29 is 9.47 Å². The van der Waals surface area contributed by atoms with E-state index in [0.717, 1.165) is 24.9 Å². The van der Waals surface area contributed by atoms with Crippen LogP contribution in [0.5, 0.6) is 5.75 Å². The lowest BCUT2D eigenvalue weighted by atomic mass is 9.92. The Bertz CT molecular complexity index is 371. The molecule has 1 aliphatic rings. The fourth-order valence-electron chi connectivity index (χ4n) is 2.74. The molecule has 19 heavy (non-hydrogen) atoms. The summed E-state index contributed by atoms with van der Waals surface area (Å²) in [7, 11) is 1.70. The highest BCUT2D eigenvalue weighted by molar-refractivity contribution is 5.28. The molecule has 1 heterocycles. The van der Waals surface area contributed by atoms with E-state index in [2.05, 4.69) is 31.3 Å².